The second kappa shape index (κ2) is 8.48. The Morgan fingerprint density at radius 1 is 1.00 bits per heavy atom. The van der Waals surface area contributed by atoms with E-state index >= 15 is 0 Å². The van der Waals surface area contributed by atoms with Crippen LogP contribution in [0.15, 0.2) is 59.4 Å². The highest BCUT2D eigenvalue weighted by Crippen LogP contribution is 2.36. The number of piperidine rings is 1. The van der Waals surface area contributed by atoms with Gasteiger partial charge in [-0.15, -0.1) is 0 Å². The van der Waals surface area contributed by atoms with Gasteiger partial charge < -0.3 is 19.7 Å². The summed E-state index contributed by atoms with van der Waals surface area (Å²) in [6.07, 6.45) is 0.966. The second-order valence-corrected chi connectivity index (χ2v) is 9.44. The minimum absolute atomic E-state index is 0.0406. The number of nitrogens with zero attached hydrogens (tertiary/aromatic N) is 3. The van der Waals surface area contributed by atoms with Gasteiger partial charge in [0, 0.05) is 36.8 Å². The van der Waals surface area contributed by atoms with Crippen LogP contribution in [0.25, 0.3) is 10.8 Å². The van der Waals surface area contributed by atoms with Gasteiger partial charge in [-0.2, -0.15) is 0 Å². The zero-order valence-corrected chi connectivity index (χ0v) is 19.0. The van der Waals surface area contributed by atoms with E-state index in [1.54, 1.807) is 15.5 Å². The Morgan fingerprint density at radius 3 is 2.58 bits per heavy atom. The Morgan fingerprint density at radius 2 is 1.79 bits per heavy atom. The maximum absolute atomic E-state index is 13.3. The number of hydrogen-bond acceptors (Lipinski definition) is 4. The summed E-state index contributed by atoms with van der Waals surface area (Å²) in [5.41, 5.74) is 1.79. The smallest absolute Gasteiger partial charge is 0.274 e. The number of fused-ring (bicyclic) bond motifs is 5. The Kier molecular flexibility index (Phi) is 5.50. The molecule has 1 aromatic heterocycles. The standard InChI is InChI=1S/C26H28N4O3/c1-28(2)16-24(31)27-22-9-10-23-21-11-17(14-30(23)26(22)33)13-29(15-21)25(32)20-8-7-18-5-3-4-6-19(18)12-20/h3-10,12,17,21H,11,13-16H2,1-2H3,(H,27,31)/t17-,21+/m0/s1. The topological polar surface area (TPSA) is 74.7 Å². The van der Waals surface area contributed by atoms with Crippen LogP contribution >= 0.6 is 0 Å². The van der Waals surface area contributed by atoms with E-state index in [1.807, 2.05) is 67.5 Å². The monoisotopic (exact) mass is 444 g/mol. The fourth-order valence-electron chi connectivity index (χ4n) is 5.19. The van der Waals surface area contributed by atoms with Gasteiger partial charge >= 0.3 is 0 Å². The van der Waals surface area contributed by atoms with E-state index in [4.69, 9.17) is 0 Å². The minimum atomic E-state index is -0.208. The van der Waals surface area contributed by atoms with Crippen molar-refractivity contribution >= 4 is 28.3 Å². The molecule has 7 nitrogen and oxygen atoms in total. The summed E-state index contributed by atoms with van der Waals surface area (Å²) in [7, 11) is 3.62. The molecule has 2 atom stereocenters. The predicted molar refractivity (Wildman–Crippen MR) is 129 cm³/mol. The number of rotatable bonds is 4. The SMILES string of the molecule is CN(C)CC(=O)Nc1ccc2n(c1=O)C[C@H]1C[C@@H]2CN(C(=O)c2ccc3ccccc3c2)C1. The summed E-state index contributed by atoms with van der Waals surface area (Å²) >= 11 is 0. The summed E-state index contributed by atoms with van der Waals surface area (Å²) < 4.78 is 1.79. The number of nitrogens with one attached hydrogen (secondary N) is 1. The fourth-order valence-corrected chi connectivity index (χ4v) is 5.19. The van der Waals surface area contributed by atoms with Crippen LogP contribution in [0.3, 0.4) is 0 Å². The number of likely N-dealkylation sites (tertiary alicyclic amines) is 1. The molecule has 1 N–H and O–H groups in total. The first kappa shape index (κ1) is 21.4. The molecule has 3 heterocycles. The number of carbonyl (C=O) groups is 2. The number of aromatic nitrogens is 1. The molecule has 3 aromatic rings. The highest BCUT2D eigenvalue weighted by molar-refractivity contribution is 5.98. The molecule has 1 fully saturated rings. The molecular formula is C26H28N4O3. The van der Waals surface area contributed by atoms with E-state index in [9.17, 15) is 14.4 Å². The molecule has 0 radical (unpaired) electrons. The molecule has 2 aromatic carbocycles. The van der Waals surface area contributed by atoms with Crippen LogP contribution in [-0.2, 0) is 11.3 Å². The van der Waals surface area contributed by atoms with Crippen LogP contribution in [0, 0.1) is 5.92 Å². The minimum Gasteiger partial charge on any atom is -0.338 e. The van der Waals surface area contributed by atoms with Crippen LogP contribution in [-0.4, -0.2) is 59.9 Å². The van der Waals surface area contributed by atoms with E-state index < -0.39 is 0 Å². The molecule has 33 heavy (non-hydrogen) atoms. The third-order valence-electron chi connectivity index (χ3n) is 6.62. The van der Waals surface area contributed by atoms with E-state index in [1.165, 1.54) is 0 Å². The molecule has 0 aliphatic carbocycles. The Balaban J connectivity index is 1.37. The first-order valence-electron chi connectivity index (χ1n) is 11.4. The van der Waals surface area contributed by atoms with Crippen molar-refractivity contribution in [3.63, 3.8) is 0 Å². The Labute approximate surface area is 192 Å². The summed E-state index contributed by atoms with van der Waals surface area (Å²) in [4.78, 5) is 42.2. The highest BCUT2D eigenvalue weighted by atomic mass is 16.2. The molecule has 0 unspecified atom stereocenters. The maximum Gasteiger partial charge on any atom is 0.274 e. The lowest BCUT2D eigenvalue weighted by molar-refractivity contribution is -0.116. The summed E-state index contributed by atoms with van der Waals surface area (Å²) in [5, 5.41) is 4.92. The fraction of sp³-hybridized carbons (Fsp3) is 0.346. The zero-order chi connectivity index (χ0) is 23.1. The molecule has 0 saturated carbocycles. The highest BCUT2D eigenvalue weighted by Gasteiger charge is 2.37. The number of benzene rings is 2. The number of amides is 2. The van der Waals surface area contributed by atoms with Crippen molar-refractivity contribution in [3.05, 3.63) is 76.2 Å². The van der Waals surface area contributed by atoms with Gasteiger partial charge in [0.25, 0.3) is 11.5 Å². The van der Waals surface area contributed by atoms with Crippen molar-refractivity contribution in [1.29, 1.82) is 0 Å². The largest absolute Gasteiger partial charge is 0.338 e. The lowest BCUT2D eigenvalue weighted by Crippen LogP contribution is -2.49. The average Bonchev–Trinajstić information content (AvgIpc) is 2.80. The van der Waals surface area contributed by atoms with Gasteiger partial charge in [0.15, 0.2) is 0 Å². The van der Waals surface area contributed by atoms with Crippen LogP contribution in [0.2, 0.25) is 0 Å². The first-order chi connectivity index (χ1) is 15.9. The summed E-state index contributed by atoms with van der Waals surface area (Å²) in [5.74, 6) is 0.159. The van der Waals surface area contributed by atoms with Crippen LogP contribution in [0.5, 0.6) is 0 Å². The number of hydrogen-bond donors (Lipinski definition) is 1. The summed E-state index contributed by atoms with van der Waals surface area (Å²) in [6, 6.07) is 17.5. The van der Waals surface area contributed by atoms with Gasteiger partial charge in [0.2, 0.25) is 5.91 Å². The number of carbonyl (C=O) groups excluding carboxylic acids is 2. The average molecular weight is 445 g/mol. The lowest BCUT2D eigenvalue weighted by Gasteiger charge is -2.43. The summed E-state index contributed by atoms with van der Waals surface area (Å²) in [6.45, 7) is 2.00. The van der Waals surface area contributed by atoms with E-state index in [-0.39, 0.29) is 35.8 Å². The predicted octanol–water partition coefficient (Wildman–Crippen LogP) is 2.76. The molecule has 5 rings (SSSR count). The van der Waals surface area contributed by atoms with E-state index in [0.29, 0.717) is 30.9 Å². The third-order valence-corrected chi connectivity index (χ3v) is 6.62. The molecule has 2 aliphatic rings. The molecule has 0 spiro atoms. The number of likely N-dealkylation sites (N-methyl/N-ethyl adjacent to an activating group) is 1. The molecule has 7 heteroatoms. The van der Waals surface area contributed by atoms with Gasteiger partial charge in [0.1, 0.15) is 5.69 Å². The van der Waals surface area contributed by atoms with Crippen LogP contribution < -0.4 is 10.9 Å². The molecule has 2 aliphatic heterocycles. The van der Waals surface area contributed by atoms with E-state index in [2.05, 4.69) is 5.32 Å². The van der Waals surface area contributed by atoms with Gasteiger partial charge in [-0.05, 0) is 61.5 Å². The third kappa shape index (κ3) is 4.16. The van der Waals surface area contributed by atoms with Crippen molar-refractivity contribution in [3.8, 4) is 0 Å². The lowest BCUT2D eigenvalue weighted by atomic mass is 9.83. The van der Waals surface area contributed by atoms with Crippen molar-refractivity contribution in [2.24, 2.45) is 5.92 Å². The van der Waals surface area contributed by atoms with Crippen molar-refractivity contribution in [2.45, 2.75) is 18.9 Å². The first-order valence-corrected chi connectivity index (χ1v) is 11.4. The van der Waals surface area contributed by atoms with Gasteiger partial charge in [-0.1, -0.05) is 30.3 Å². The molecular weight excluding hydrogens is 416 g/mol. The van der Waals surface area contributed by atoms with E-state index in [0.717, 1.165) is 22.9 Å². The van der Waals surface area contributed by atoms with Crippen LogP contribution in [0.1, 0.15) is 28.4 Å². The quantitative estimate of drug-likeness (QED) is 0.672. The molecule has 2 amide bonds. The maximum atomic E-state index is 13.3. The van der Waals surface area contributed by atoms with Crippen molar-refractivity contribution < 1.29 is 9.59 Å². The van der Waals surface area contributed by atoms with Gasteiger partial charge in [0.05, 0.1) is 6.54 Å². The number of pyridine rings is 1. The zero-order valence-electron chi connectivity index (χ0n) is 19.0. The molecule has 2 bridgehead atoms. The molecule has 1 saturated heterocycles. The second-order valence-electron chi connectivity index (χ2n) is 9.44. The van der Waals surface area contributed by atoms with Crippen LogP contribution in [0.4, 0.5) is 5.69 Å². The Hall–Kier alpha value is -3.45. The van der Waals surface area contributed by atoms with Crippen molar-refractivity contribution in [2.75, 3.05) is 39.0 Å². The van der Waals surface area contributed by atoms with Gasteiger partial charge in [-0.25, -0.2) is 0 Å². The molecule has 170 valence electrons. The van der Waals surface area contributed by atoms with Gasteiger partial charge in [-0.3, -0.25) is 14.4 Å². The van der Waals surface area contributed by atoms with Crippen molar-refractivity contribution in [1.82, 2.24) is 14.4 Å². The Bertz CT molecular complexity index is 1300. The number of anilines is 1. The normalized spacial score (nSPS) is 19.4.